The Morgan fingerprint density at radius 3 is 2.56 bits per heavy atom. The largest absolute Gasteiger partial charge is 0.496 e. The van der Waals surface area contributed by atoms with Crippen molar-refractivity contribution < 1.29 is 19.0 Å². The number of aliphatic hydroxyl groups excluding tert-OH is 1. The lowest BCUT2D eigenvalue weighted by Gasteiger charge is -2.15. The quantitative estimate of drug-likeness (QED) is 0.838. The molecule has 1 atom stereocenters. The molecule has 1 N–H and O–H groups in total. The molecule has 0 saturated heterocycles. The summed E-state index contributed by atoms with van der Waals surface area (Å²) in [6, 6.07) is 3.33. The Balaban J connectivity index is 3.20. The topological polar surface area (TPSA) is 38.7 Å². The molecule has 4 heteroatoms. The lowest BCUT2D eigenvalue weighted by Crippen LogP contribution is -2.06. The van der Waals surface area contributed by atoms with Crippen LogP contribution in [0.1, 0.15) is 24.0 Å². The van der Waals surface area contributed by atoms with Gasteiger partial charge in [0.1, 0.15) is 11.6 Å². The van der Waals surface area contributed by atoms with Gasteiger partial charge in [-0.25, -0.2) is 4.39 Å². The van der Waals surface area contributed by atoms with Gasteiger partial charge in [0.25, 0.3) is 0 Å². The predicted molar refractivity (Wildman–Crippen MR) is 59.2 cm³/mol. The molecule has 0 spiro atoms. The second kappa shape index (κ2) is 5.82. The van der Waals surface area contributed by atoms with E-state index in [0.717, 1.165) is 0 Å². The summed E-state index contributed by atoms with van der Waals surface area (Å²) in [6.07, 6.45) is 0. The van der Waals surface area contributed by atoms with Crippen LogP contribution in [0.3, 0.4) is 0 Å². The highest BCUT2D eigenvalue weighted by Gasteiger charge is 2.17. The van der Waals surface area contributed by atoms with E-state index in [4.69, 9.17) is 14.6 Å². The summed E-state index contributed by atoms with van der Waals surface area (Å²) in [4.78, 5) is 0. The van der Waals surface area contributed by atoms with E-state index < -0.39 is 0 Å². The number of rotatable bonds is 5. The van der Waals surface area contributed by atoms with Crippen LogP contribution in [-0.4, -0.2) is 25.9 Å². The van der Waals surface area contributed by atoms with Gasteiger partial charge in [-0.3, -0.25) is 0 Å². The number of methoxy groups -OCH3 is 2. The molecular formula is C12H17FO3. The van der Waals surface area contributed by atoms with E-state index in [-0.39, 0.29) is 24.9 Å². The minimum Gasteiger partial charge on any atom is -0.496 e. The Morgan fingerprint density at radius 2 is 2.06 bits per heavy atom. The van der Waals surface area contributed by atoms with Crippen LogP contribution in [0.5, 0.6) is 5.75 Å². The highest BCUT2D eigenvalue weighted by atomic mass is 19.1. The van der Waals surface area contributed by atoms with E-state index in [1.165, 1.54) is 14.2 Å². The third-order valence-electron chi connectivity index (χ3n) is 2.54. The number of halogens is 1. The van der Waals surface area contributed by atoms with Gasteiger partial charge >= 0.3 is 0 Å². The van der Waals surface area contributed by atoms with Crippen molar-refractivity contribution in [2.75, 3.05) is 20.8 Å². The molecule has 3 nitrogen and oxygen atoms in total. The molecule has 0 radical (unpaired) electrons. The molecule has 0 fully saturated rings. The van der Waals surface area contributed by atoms with Crippen molar-refractivity contribution in [2.45, 2.75) is 19.4 Å². The summed E-state index contributed by atoms with van der Waals surface area (Å²) in [5, 5.41) is 9.03. The fourth-order valence-electron chi connectivity index (χ4n) is 1.57. The van der Waals surface area contributed by atoms with Crippen molar-refractivity contribution in [3.05, 3.63) is 29.1 Å². The van der Waals surface area contributed by atoms with E-state index in [1.54, 1.807) is 19.1 Å². The summed E-state index contributed by atoms with van der Waals surface area (Å²) < 4.78 is 24.1. The van der Waals surface area contributed by atoms with E-state index in [9.17, 15) is 4.39 Å². The molecule has 0 aliphatic rings. The molecule has 0 bridgehead atoms. The molecule has 0 saturated carbocycles. The van der Waals surface area contributed by atoms with Crippen LogP contribution >= 0.6 is 0 Å². The second-order valence-corrected chi connectivity index (χ2v) is 3.67. The maximum atomic E-state index is 14.1. The highest BCUT2D eigenvalue weighted by molar-refractivity contribution is 5.39. The lowest BCUT2D eigenvalue weighted by molar-refractivity contribution is 0.177. The molecule has 0 aliphatic heterocycles. The fraction of sp³-hybridized carbons (Fsp3) is 0.500. The normalized spacial score (nSPS) is 12.6. The lowest BCUT2D eigenvalue weighted by atomic mass is 9.98. The second-order valence-electron chi connectivity index (χ2n) is 3.67. The average Bonchev–Trinajstić information content (AvgIpc) is 2.31. The van der Waals surface area contributed by atoms with Crippen molar-refractivity contribution >= 4 is 0 Å². The van der Waals surface area contributed by atoms with Crippen LogP contribution in [0.2, 0.25) is 0 Å². The number of hydrogen-bond donors (Lipinski definition) is 1. The number of hydrogen-bond acceptors (Lipinski definition) is 3. The average molecular weight is 228 g/mol. The monoisotopic (exact) mass is 228 g/mol. The summed E-state index contributed by atoms with van der Waals surface area (Å²) in [5.41, 5.74) is 0.873. The summed E-state index contributed by atoms with van der Waals surface area (Å²) in [7, 11) is 2.99. The number of aliphatic hydroxyl groups is 1. The molecule has 0 aromatic heterocycles. The Labute approximate surface area is 94.8 Å². The third kappa shape index (κ3) is 2.51. The minimum atomic E-state index is -0.359. The zero-order valence-corrected chi connectivity index (χ0v) is 9.79. The molecule has 0 amide bonds. The molecule has 16 heavy (non-hydrogen) atoms. The first-order chi connectivity index (χ1) is 7.65. The molecule has 90 valence electrons. The van der Waals surface area contributed by atoms with E-state index >= 15 is 0 Å². The van der Waals surface area contributed by atoms with Crippen molar-refractivity contribution in [1.29, 1.82) is 0 Å². The summed E-state index contributed by atoms with van der Waals surface area (Å²) in [5.74, 6) is -0.127. The Kier molecular flexibility index (Phi) is 4.71. The molecule has 1 rings (SSSR count). The first-order valence-corrected chi connectivity index (χ1v) is 5.10. The first kappa shape index (κ1) is 12.9. The van der Waals surface area contributed by atoms with E-state index in [1.807, 2.05) is 0 Å². The Hall–Kier alpha value is -1.13. The van der Waals surface area contributed by atoms with Gasteiger partial charge in [-0.1, -0.05) is 13.0 Å². The maximum absolute atomic E-state index is 14.1. The maximum Gasteiger partial charge on any atom is 0.135 e. The fourth-order valence-corrected chi connectivity index (χ4v) is 1.57. The number of benzene rings is 1. The van der Waals surface area contributed by atoms with Crippen molar-refractivity contribution in [3.63, 3.8) is 0 Å². The van der Waals surface area contributed by atoms with Crippen LogP contribution in [0.25, 0.3) is 0 Å². The van der Waals surface area contributed by atoms with Crippen molar-refractivity contribution in [1.82, 2.24) is 0 Å². The van der Waals surface area contributed by atoms with Gasteiger partial charge in [0.2, 0.25) is 0 Å². The van der Waals surface area contributed by atoms with Gasteiger partial charge in [-0.2, -0.15) is 0 Å². The molecule has 1 unspecified atom stereocenters. The van der Waals surface area contributed by atoms with Crippen LogP contribution in [0, 0.1) is 5.82 Å². The third-order valence-corrected chi connectivity index (χ3v) is 2.54. The zero-order chi connectivity index (χ0) is 12.1. The predicted octanol–water partition coefficient (Wildman–Crippen LogP) is 2.08. The highest BCUT2D eigenvalue weighted by Crippen LogP contribution is 2.28. The van der Waals surface area contributed by atoms with Crippen LogP contribution < -0.4 is 4.74 Å². The number of ether oxygens (including phenoxy) is 2. The Morgan fingerprint density at radius 1 is 1.38 bits per heavy atom. The summed E-state index contributed by atoms with van der Waals surface area (Å²) in [6.45, 7) is 1.83. The smallest absolute Gasteiger partial charge is 0.135 e. The minimum absolute atomic E-state index is 0.0876. The van der Waals surface area contributed by atoms with Crippen molar-refractivity contribution in [2.24, 2.45) is 0 Å². The van der Waals surface area contributed by atoms with Crippen LogP contribution in [0.4, 0.5) is 4.39 Å². The van der Waals surface area contributed by atoms with Crippen LogP contribution in [-0.2, 0) is 11.3 Å². The van der Waals surface area contributed by atoms with Crippen LogP contribution in [0.15, 0.2) is 12.1 Å². The molecule has 0 aliphatic carbocycles. The SMILES string of the molecule is COCc1c(OC)ccc(C(C)CO)c1F. The van der Waals surface area contributed by atoms with Gasteiger partial charge in [-0.05, 0) is 11.6 Å². The Bertz CT molecular complexity index is 352. The van der Waals surface area contributed by atoms with E-state index in [2.05, 4.69) is 0 Å². The standard InChI is InChI=1S/C12H17FO3/c1-8(6-14)9-4-5-11(16-3)10(7-15-2)12(9)13/h4-5,8,14H,6-7H2,1-3H3. The molecule has 1 aromatic rings. The summed E-state index contributed by atoms with van der Waals surface area (Å²) >= 11 is 0. The molecule has 0 heterocycles. The van der Waals surface area contributed by atoms with Gasteiger partial charge in [0.15, 0.2) is 0 Å². The van der Waals surface area contributed by atoms with E-state index in [0.29, 0.717) is 16.9 Å². The van der Waals surface area contributed by atoms with Gasteiger partial charge in [0, 0.05) is 19.6 Å². The molecule has 1 aromatic carbocycles. The van der Waals surface area contributed by atoms with Gasteiger partial charge in [0.05, 0.1) is 19.3 Å². The zero-order valence-electron chi connectivity index (χ0n) is 9.79. The van der Waals surface area contributed by atoms with Crippen molar-refractivity contribution in [3.8, 4) is 5.75 Å². The molecular weight excluding hydrogens is 211 g/mol. The van der Waals surface area contributed by atoms with Gasteiger partial charge < -0.3 is 14.6 Å². The first-order valence-electron chi connectivity index (χ1n) is 5.10. The van der Waals surface area contributed by atoms with Gasteiger partial charge in [-0.15, -0.1) is 0 Å².